The minimum Gasteiger partial charge on any atom is -0.350 e. The number of carbonyl (C=O) groups excluding carboxylic acids is 4. The van der Waals surface area contributed by atoms with Crippen molar-refractivity contribution in [2.45, 2.75) is 84.3 Å². The van der Waals surface area contributed by atoms with Gasteiger partial charge in [0, 0.05) is 51.4 Å². The molecule has 1 atom stereocenters. The molecule has 1 aromatic carbocycles. The Kier molecular flexibility index (Phi) is 12.3. The molecule has 2 aromatic rings. The lowest BCUT2D eigenvalue weighted by Gasteiger charge is -2.33. The van der Waals surface area contributed by atoms with Gasteiger partial charge >= 0.3 is 0 Å². The fraction of sp³-hybridized carbons (Fsp3) is 0.559. The van der Waals surface area contributed by atoms with Crippen molar-refractivity contribution in [3.8, 4) is 0 Å². The maximum absolute atomic E-state index is 13.6. The number of nitrogens with zero attached hydrogens (tertiary/aromatic N) is 4. The van der Waals surface area contributed by atoms with Crippen molar-refractivity contribution in [1.29, 1.82) is 0 Å². The van der Waals surface area contributed by atoms with Crippen LogP contribution in [0, 0.1) is 5.92 Å². The van der Waals surface area contributed by atoms with Gasteiger partial charge in [0.1, 0.15) is 17.4 Å². The summed E-state index contributed by atoms with van der Waals surface area (Å²) in [5.74, 6) is -0.832. The van der Waals surface area contributed by atoms with Crippen LogP contribution in [0.25, 0.3) is 6.08 Å². The van der Waals surface area contributed by atoms with E-state index in [1.807, 2.05) is 45.2 Å². The summed E-state index contributed by atoms with van der Waals surface area (Å²) in [7, 11) is 2.03. The molecule has 0 bridgehead atoms. The van der Waals surface area contributed by atoms with Crippen LogP contribution in [0.4, 0.5) is 0 Å². The van der Waals surface area contributed by atoms with Gasteiger partial charge in [-0.2, -0.15) is 5.10 Å². The Hall–Kier alpha value is -3.99. The zero-order valence-electron chi connectivity index (χ0n) is 27.2. The van der Waals surface area contributed by atoms with Crippen LogP contribution >= 0.6 is 0 Å². The van der Waals surface area contributed by atoms with Crippen LogP contribution < -0.4 is 16.0 Å². The van der Waals surface area contributed by atoms with Crippen LogP contribution in [-0.4, -0.2) is 82.5 Å². The van der Waals surface area contributed by atoms with Crippen LogP contribution in [0.1, 0.15) is 93.4 Å². The number of aromatic nitrogens is 2. The van der Waals surface area contributed by atoms with E-state index in [9.17, 15) is 19.2 Å². The maximum atomic E-state index is 13.6. The van der Waals surface area contributed by atoms with Gasteiger partial charge in [0.25, 0.3) is 11.8 Å². The predicted octanol–water partition coefficient (Wildman–Crippen LogP) is 3.49. The molecule has 2 aliphatic rings. The third-order valence-corrected chi connectivity index (χ3v) is 8.71. The molecule has 0 unspecified atom stereocenters. The summed E-state index contributed by atoms with van der Waals surface area (Å²) in [5.41, 5.74) is 2.35. The molecule has 1 aromatic heterocycles. The van der Waals surface area contributed by atoms with E-state index in [2.05, 4.69) is 25.9 Å². The lowest BCUT2D eigenvalue weighted by atomic mass is 9.91. The van der Waals surface area contributed by atoms with E-state index in [-0.39, 0.29) is 47.7 Å². The fourth-order valence-corrected chi connectivity index (χ4v) is 5.93. The normalized spacial score (nSPS) is 17.4. The molecule has 1 saturated carbocycles. The summed E-state index contributed by atoms with van der Waals surface area (Å²) in [6.07, 6.45) is 9.75. The van der Waals surface area contributed by atoms with Crippen LogP contribution in [0.5, 0.6) is 0 Å². The number of hydrogen-bond donors (Lipinski definition) is 3. The Morgan fingerprint density at radius 2 is 1.62 bits per heavy atom. The highest BCUT2D eigenvalue weighted by atomic mass is 16.2. The summed E-state index contributed by atoms with van der Waals surface area (Å²) >= 11 is 0. The average Bonchev–Trinajstić information content (AvgIpc) is 3.39. The van der Waals surface area contributed by atoms with Crippen LogP contribution in [0.2, 0.25) is 0 Å². The van der Waals surface area contributed by atoms with E-state index in [1.54, 1.807) is 34.8 Å². The van der Waals surface area contributed by atoms with E-state index in [4.69, 9.17) is 0 Å². The van der Waals surface area contributed by atoms with Crippen molar-refractivity contribution < 1.29 is 19.2 Å². The van der Waals surface area contributed by atoms with Gasteiger partial charge in [-0.25, -0.2) is 0 Å². The summed E-state index contributed by atoms with van der Waals surface area (Å²) < 4.78 is 1.67. The number of likely N-dealkylation sites (N-methyl/N-ethyl adjacent to an activating group) is 1. The third-order valence-electron chi connectivity index (χ3n) is 8.71. The van der Waals surface area contributed by atoms with Gasteiger partial charge in [-0.1, -0.05) is 56.9 Å². The minimum atomic E-state index is -0.640. The molecule has 2 heterocycles. The first-order valence-electron chi connectivity index (χ1n) is 16.4. The van der Waals surface area contributed by atoms with Crippen LogP contribution in [0.3, 0.4) is 0 Å². The zero-order chi connectivity index (χ0) is 32.3. The maximum Gasteiger partial charge on any atom is 0.270 e. The zero-order valence-corrected chi connectivity index (χ0v) is 27.2. The van der Waals surface area contributed by atoms with E-state index < -0.39 is 6.04 Å². The number of hydrogen-bond acceptors (Lipinski definition) is 6. The quantitative estimate of drug-likeness (QED) is 0.261. The second-order valence-electron chi connectivity index (χ2n) is 12.5. The van der Waals surface area contributed by atoms with Gasteiger partial charge in [0.2, 0.25) is 11.8 Å². The van der Waals surface area contributed by atoms with Crippen LogP contribution in [0.15, 0.2) is 42.2 Å². The molecule has 1 aliphatic heterocycles. The van der Waals surface area contributed by atoms with Gasteiger partial charge in [-0.05, 0) is 62.9 Å². The largest absolute Gasteiger partial charge is 0.350 e. The highest BCUT2D eigenvalue weighted by Crippen LogP contribution is 2.26. The van der Waals surface area contributed by atoms with Crippen molar-refractivity contribution in [3.05, 3.63) is 59.0 Å². The van der Waals surface area contributed by atoms with Gasteiger partial charge in [-0.3, -0.25) is 23.9 Å². The lowest BCUT2D eigenvalue weighted by Crippen LogP contribution is -2.51. The highest BCUT2D eigenvalue weighted by molar-refractivity contribution is 6.01. The Morgan fingerprint density at radius 1 is 0.956 bits per heavy atom. The molecule has 4 rings (SSSR count). The van der Waals surface area contributed by atoms with Crippen molar-refractivity contribution in [2.24, 2.45) is 5.92 Å². The third kappa shape index (κ3) is 9.50. The van der Waals surface area contributed by atoms with E-state index in [1.165, 1.54) is 0 Å². The number of amides is 4. The molecule has 244 valence electrons. The topological polar surface area (TPSA) is 129 Å². The fourth-order valence-electron chi connectivity index (χ4n) is 5.93. The molecule has 3 N–H and O–H groups in total. The number of benzene rings is 1. The Bertz CT molecular complexity index is 1330. The van der Waals surface area contributed by atoms with Crippen molar-refractivity contribution in [3.63, 3.8) is 0 Å². The Morgan fingerprint density at radius 3 is 2.24 bits per heavy atom. The summed E-state index contributed by atoms with van der Waals surface area (Å²) in [4.78, 5) is 56.3. The number of piperazine rings is 1. The number of carbonyl (C=O) groups is 4. The average molecular weight is 620 g/mol. The minimum absolute atomic E-state index is 0.0209. The standard InChI is InChI=1S/C34H49N7O4/c1-5-30(42)37-28(34(45)40-20-18-39(4)19-21-40)22-25-12-14-26(15-13-25)23-35-33(44)31(27-10-8-6-7-9-11-27)38-32(43)29-16-17-36-41(29)24(2)3/h12-17,22,24,27,31H,5-11,18-21,23H2,1-4H3,(H,35,44)(H,37,42)(H,38,43)/b28-22+/t31-/m0/s1. The van der Waals surface area contributed by atoms with Crippen LogP contribution in [-0.2, 0) is 20.9 Å². The van der Waals surface area contributed by atoms with Crippen molar-refractivity contribution >= 4 is 29.7 Å². The first kappa shape index (κ1) is 33.9. The summed E-state index contributed by atoms with van der Waals surface area (Å²) in [6, 6.07) is 8.60. The second-order valence-corrected chi connectivity index (χ2v) is 12.5. The van der Waals surface area contributed by atoms with Crippen molar-refractivity contribution in [2.75, 3.05) is 33.2 Å². The van der Waals surface area contributed by atoms with Gasteiger partial charge in [0.15, 0.2) is 0 Å². The SMILES string of the molecule is CCC(=O)N/C(=C/c1ccc(CNC(=O)[C@@H](NC(=O)c2ccnn2C(C)C)C2CCCCCC2)cc1)C(=O)N1CCN(C)CC1. The predicted molar refractivity (Wildman–Crippen MR) is 174 cm³/mol. The Balaban J connectivity index is 1.44. The van der Waals surface area contributed by atoms with Gasteiger partial charge in [0.05, 0.1) is 0 Å². The molecule has 0 spiro atoms. The summed E-state index contributed by atoms with van der Waals surface area (Å²) in [6.45, 7) is 8.77. The second kappa shape index (κ2) is 16.4. The molecular weight excluding hydrogens is 570 g/mol. The lowest BCUT2D eigenvalue weighted by molar-refractivity contribution is -0.130. The molecular formula is C34H49N7O4. The molecule has 11 nitrogen and oxygen atoms in total. The Labute approximate surface area is 266 Å². The molecule has 45 heavy (non-hydrogen) atoms. The first-order valence-corrected chi connectivity index (χ1v) is 16.4. The molecule has 1 saturated heterocycles. The molecule has 2 fully saturated rings. The number of rotatable bonds is 11. The number of nitrogens with one attached hydrogen (secondary N) is 3. The van der Waals surface area contributed by atoms with Crippen molar-refractivity contribution in [1.82, 2.24) is 35.5 Å². The monoisotopic (exact) mass is 619 g/mol. The molecule has 0 radical (unpaired) electrons. The molecule has 11 heteroatoms. The van der Waals surface area contributed by atoms with Gasteiger partial charge < -0.3 is 25.8 Å². The summed E-state index contributed by atoms with van der Waals surface area (Å²) in [5, 5.41) is 13.2. The first-order chi connectivity index (χ1) is 21.7. The highest BCUT2D eigenvalue weighted by Gasteiger charge is 2.31. The van der Waals surface area contributed by atoms with E-state index in [0.717, 1.165) is 62.7 Å². The molecule has 1 aliphatic carbocycles. The smallest absolute Gasteiger partial charge is 0.270 e. The van der Waals surface area contributed by atoms with E-state index >= 15 is 0 Å². The van der Waals surface area contributed by atoms with Gasteiger partial charge in [-0.15, -0.1) is 0 Å². The van der Waals surface area contributed by atoms with E-state index in [0.29, 0.717) is 25.3 Å². The molecule has 4 amide bonds.